The van der Waals surface area contributed by atoms with Crippen LogP contribution in [0.1, 0.15) is 33.3 Å². The maximum absolute atomic E-state index is 13.3. The fourth-order valence-corrected chi connectivity index (χ4v) is 1.52. The topological polar surface area (TPSA) is 75.6 Å². The van der Waals surface area contributed by atoms with E-state index in [0.717, 1.165) is 12.1 Å². The summed E-state index contributed by atoms with van der Waals surface area (Å²) in [6.45, 7) is 6.47. The number of phenolic OH excluding ortho intramolecular Hbond substituents is 1. The first kappa shape index (κ1) is 15.9. The van der Waals surface area contributed by atoms with Gasteiger partial charge in [0.2, 0.25) is 0 Å². The number of carbonyl (C=O) groups is 2. The Morgan fingerprint density at radius 3 is 2.40 bits per heavy atom. The van der Waals surface area contributed by atoms with Crippen LogP contribution in [0.2, 0.25) is 0 Å². The minimum absolute atomic E-state index is 0.202. The van der Waals surface area contributed by atoms with Gasteiger partial charge in [-0.2, -0.15) is 0 Å². The molecule has 1 aromatic rings. The summed E-state index contributed by atoms with van der Waals surface area (Å²) < 4.78 is 18.4. The molecule has 0 bridgehead atoms. The molecule has 20 heavy (non-hydrogen) atoms. The van der Waals surface area contributed by atoms with Crippen LogP contribution in [0, 0.1) is 5.82 Å². The average Bonchev–Trinajstić information content (AvgIpc) is 2.29. The number of halogens is 1. The van der Waals surface area contributed by atoms with Gasteiger partial charge in [0.25, 0.3) is 0 Å². The molecule has 110 valence electrons. The van der Waals surface area contributed by atoms with Crippen LogP contribution >= 0.6 is 0 Å². The third kappa shape index (κ3) is 3.94. The molecule has 5 nitrogen and oxygen atoms in total. The number of ether oxygens (including phenoxy) is 1. The molecule has 0 radical (unpaired) electrons. The van der Waals surface area contributed by atoms with Crippen LogP contribution in [0.4, 0.5) is 9.18 Å². The molecule has 0 aliphatic carbocycles. The summed E-state index contributed by atoms with van der Waals surface area (Å²) in [7, 11) is 0. The van der Waals surface area contributed by atoms with Gasteiger partial charge in [-0.25, -0.2) is 9.18 Å². The first-order valence-electron chi connectivity index (χ1n) is 6.04. The predicted molar refractivity (Wildman–Crippen MR) is 70.9 cm³/mol. The molecule has 0 saturated carbocycles. The van der Waals surface area contributed by atoms with E-state index in [1.807, 2.05) is 0 Å². The van der Waals surface area contributed by atoms with Crippen LogP contribution in [-0.4, -0.2) is 23.1 Å². The number of carbonyl (C=O) groups excluding carboxylic acids is 2. The van der Waals surface area contributed by atoms with Gasteiger partial charge >= 0.3 is 6.09 Å². The Labute approximate surface area is 116 Å². The van der Waals surface area contributed by atoms with E-state index in [1.54, 1.807) is 20.8 Å². The second-order valence-corrected chi connectivity index (χ2v) is 5.61. The Morgan fingerprint density at radius 2 is 1.95 bits per heavy atom. The zero-order valence-corrected chi connectivity index (χ0v) is 11.9. The minimum atomic E-state index is -1.45. The van der Waals surface area contributed by atoms with Gasteiger partial charge in [-0.1, -0.05) is 6.07 Å². The standard InChI is InChI=1S/C14H18FNO4/c1-13(2,3)20-12(19)16-14(4,8-17)9-5-6-11(18)10(15)7-9/h5-8,18H,1-4H3,(H,16,19). The number of aromatic hydroxyl groups is 1. The SMILES string of the molecule is CC(C)(C)OC(=O)NC(C)(C=O)c1ccc(O)c(F)c1. The number of rotatable bonds is 3. The van der Waals surface area contributed by atoms with Crippen molar-refractivity contribution in [2.24, 2.45) is 0 Å². The van der Waals surface area contributed by atoms with Crippen LogP contribution in [0.5, 0.6) is 5.75 Å². The van der Waals surface area contributed by atoms with E-state index >= 15 is 0 Å². The normalized spacial score (nSPS) is 14.2. The van der Waals surface area contributed by atoms with Gasteiger partial charge in [0.1, 0.15) is 17.4 Å². The zero-order chi connectivity index (χ0) is 15.6. The zero-order valence-electron chi connectivity index (χ0n) is 11.9. The lowest BCUT2D eigenvalue weighted by Gasteiger charge is -2.28. The monoisotopic (exact) mass is 283 g/mol. The highest BCUT2D eigenvalue weighted by Gasteiger charge is 2.31. The first-order valence-corrected chi connectivity index (χ1v) is 6.04. The van der Waals surface area contributed by atoms with E-state index in [2.05, 4.69) is 5.32 Å². The van der Waals surface area contributed by atoms with Gasteiger partial charge in [-0.15, -0.1) is 0 Å². The lowest BCUT2D eigenvalue weighted by atomic mass is 9.93. The Hall–Kier alpha value is -2.11. The molecular weight excluding hydrogens is 265 g/mol. The number of aldehydes is 1. The molecule has 1 amide bonds. The highest BCUT2D eigenvalue weighted by atomic mass is 19.1. The molecular formula is C14H18FNO4. The van der Waals surface area contributed by atoms with Crippen LogP contribution in [0.3, 0.4) is 0 Å². The average molecular weight is 283 g/mol. The van der Waals surface area contributed by atoms with Crippen molar-refractivity contribution >= 4 is 12.4 Å². The van der Waals surface area contributed by atoms with E-state index in [9.17, 15) is 14.0 Å². The highest BCUT2D eigenvalue weighted by molar-refractivity contribution is 5.78. The molecule has 1 rings (SSSR count). The number of phenols is 1. The van der Waals surface area contributed by atoms with Crippen molar-refractivity contribution < 1.29 is 23.8 Å². The summed E-state index contributed by atoms with van der Waals surface area (Å²) in [5, 5.41) is 11.5. The molecule has 2 N–H and O–H groups in total. The lowest BCUT2D eigenvalue weighted by molar-refractivity contribution is -0.113. The fourth-order valence-electron chi connectivity index (χ4n) is 1.52. The number of amides is 1. The number of alkyl carbamates (subject to hydrolysis) is 1. The largest absolute Gasteiger partial charge is 0.505 e. The number of nitrogens with one attached hydrogen (secondary N) is 1. The molecule has 6 heteroatoms. The molecule has 1 aromatic carbocycles. The summed E-state index contributed by atoms with van der Waals surface area (Å²) in [6, 6.07) is 3.45. The summed E-state index contributed by atoms with van der Waals surface area (Å²) in [5.74, 6) is -1.40. The molecule has 0 aliphatic rings. The second kappa shape index (κ2) is 5.48. The van der Waals surface area contributed by atoms with E-state index in [0.29, 0.717) is 6.29 Å². The molecule has 0 spiro atoms. The summed E-state index contributed by atoms with van der Waals surface area (Å²) in [4.78, 5) is 23.0. The Balaban J connectivity index is 2.99. The Kier molecular flexibility index (Phi) is 4.37. The highest BCUT2D eigenvalue weighted by Crippen LogP contribution is 2.24. The summed E-state index contributed by atoms with van der Waals surface area (Å²) >= 11 is 0. The van der Waals surface area contributed by atoms with Gasteiger partial charge in [0.05, 0.1) is 0 Å². The maximum atomic E-state index is 13.3. The van der Waals surface area contributed by atoms with Gasteiger partial charge in [-0.3, -0.25) is 0 Å². The number of hydrogen-bond acceptors (Lipinski definition) is 4. The molecule has 0 aliphatic heterocycles. The Bertz CT molecular complexity index is 524. The smallest absolute Gasteiger partial charge is 0.408 e. The van der Waals surface area contributed by atoms with Crippen molar-refractivity contribution in [2.75, 3.05) is 0 Å². The van der Waals surface area contributed by atoms with Crippen molar-refractivity contribution in [3.63, 3.8) is 0 Å². The van der Waals surface area contributed by atoms with Crippen molar-refractivity contribution in [2.45, 2.75) is 38.8 Å². The second-order valence-electron chi connectivity index (χ2n) is 5.61. The molecule has 0 fully saturated rings. The minimum Gasteiger partial charge on any atom is -0.505 e. The van der Waals surface area contributed by atoms with Crippen LogP contribution in [-0.2, 0) is 15.1 Å². The van der Waals surface area contributed by atoms with Crippen LogP contribution in [0.25, 0.3) is 0 Å². The number of benzene rings is 1. The van der Waals surface area contributed by atoms with Crippen molar-refractivity contribution in [1.82, 2.24) is 5.32 Å². The van der Waals surface area contributed by atoms with Gasteiger partial charge < -0.3 is 20.0 Å². The van der Waals surface area contributed by atoms with Gasteiger partial charge in [0, 0.05) is 0 Å². The van der Waals surface area contributed by atoms with E-state index < -0.39 is 28.8 Å². The third-order valence-corrected chi connectivity index (χ3v) is 2.54. The van der Waals surface area contributed by atoms with Crippen molar-refractivity contribution in [3.8, 4) is 5.75 Å². The van der Waals surface area contributed by atoms with Crippen LogP contribution in [0.15, 0.2) is 18.2 Å². The molecule has 1 atom stereocenters. The molecule has 1 unspecified atom stereocenters. The predicted octanol–water partition coefficient (Wildman–Crippen LogP) is 2.47. The number of hydrogen-bond donors (Lipinski definition) is 2. The molecule has 0 aromatic heterocycles. The molecule has 0 heterocycles. The molecule has 0 saturated heterocycles. The summed E-state index contributed by atoms with van der Waals surface area (Å²) in [5.41, 5.74) is -1.96. The first-order chi connectivity index (χ1) is 9.07. The quantitative estimate of drug-likeness (QED) is 0.836. The third-order valence-electron chi connectivity index (χ3n) is 2.54. The fraction of sp³-hybridized carbons (Fsp3) is 0.429. The van der Waals surface area contributed by atoms with Crippen molar-refractivity contribution in [3.05, 3.63) is 29.6 Å². The maximum Gasteiger partial charge on any atom is 0.408 e. The van der Waals surface area contributed by atoms with E-state index in [-0.39, 0.29) is 5.56 Å². The Morgan fingerprint density at radius 1 is 1.35 bits per heavy atom. The summed E-state index contributed by atoms with van der Waals surface area (Å²) in [6.07, 6.45) is -0.316. The van der Waals surface area contributed by atoms with Crippen LogP contribution < -0.4 is 5.32 Å². The lowest BCUT2D eigenvalue weighted by Crippen LogP contribution is -2.47. The van der Waals surface area contributed by atoms with Gasteiger partial charge in [0.15, 0.2) is 11.6 Å². The van der Waals surface area contributed by atoms with E-state index in [4.69, 9.17) is 9.84 Å². The van der Waals surface area contributed by atoms with E-state index in [1.165, 1.54) is 13.0 Å². The van der Waals surface area contributed by atoms with Crippen molar-refractivity contribution in [1.29, 1.82) is 0 Å². The van der Waals surface area contributed by atoms with Gasteiger partial charge in [-0.05, 0) is 45.4 Å².